The van der Waals surface area contributed by atoms with E-state index in [2.05, 4.69) is 87.5 Å². The van der Waals surface area contributed by atoms with Gasteiger partial charge in [0, 0.05) is 23.7 Å². The molecular weight excluding hydrogens is 1310 g/mol. The molecule has 0 bridgehead atoms. The zero-order valence-electron chi connectivity index (χ0n) is 56.3. The number of amides is 5. The molecular formula is C64H91N23O14+6. The number of ketones is 1. The molecule has 2 aliphatic carbocycles. The SMILES string of the molecule is CC(=O)C1NC(N)=[N+]2C[C@H](NC(=O)c3cccc4c3OCCC4(C)C)C(O)(O)[C@@]23NC(N)=[NH+][C@@H]13.CNC(=O)C1NC(N)=[N+]2C[C@H](NC(=O)c3cccc4c3CCCC4)C(O)(O)[C@@]23NC(N)=[NH+][C@@H]13.CONC(=O)C1NC(N)=[N+]2C[C@H](NC(=O)c3cccc4c3CCCC4)C(O)(O)[C@@]23NC(N)=[NH+][C@@H]13. The van der Waals surface area contributed by atoms with Gasteiger partial charge in [-0.05, 0) is 111 Å². The summed E-state index contributed by atoms with van der Waals surface area (Å²) in [5.74, 6) is -9.49. The van der Waals surface area contributed by atoms with Gasteiger partial charge in [0.05, 0.1) is 38.9 Å². The van der Waals surface area contributed by atoms with Gasteiger partial charge in [0.1, 0.15) is 23.9 Å². The quantitative estimate of drug-likeness (QED) is 0.0509. The molecule has 3 unspecified atom stereocenters. The molecule has 12 aliphatic rings. The van der Waals surface area contributed by atoms with E-state index in [1.807, 2.05) is 30.3 Å². The molecule has 32 N–H and O–H groups in total. The van der Waals surface area contributed by atoms with Gasteiger partial charge in [0.2, 0.25) is 0 Å². The van der Waals surface area contributed by atoms with Crippen molar-refractivity contribution >= 4 is 71.1 Å². The number of carbonyl (C=O) groups excluding carboxylic acids is 6. The van der Waals surface area contributed by atoms with Crippen LogP contribution < -0.4 is 113 Å². The molecule has 3 aromatic carbocycles. The Bertz CT molecular complexity index is 4210. The Labute approximate surface area is 577 Å². The molecule has 37 heteroatoms. The monoisotopic (exact) mass is 1410 g/mol. The second-order valence-corrected chi connectivity index (χ2v) is 28.3. The predicted octanol–water partition coefficient (Wildman–Crippen LogP) is -15.6. The summed E-state index contributed by atoms with van der Waals surface area (Å²) in [6, 6.07) is 7.48. The summed E-state index contributed by atoms with van der Waals surface area (Å²) in [4.78, 5) is 90.9. The molecule has 37 nitrogen and oxygen atoms in total. The van der Waals surface area contributed by atoms with Crippen LogP contribution in [0.15, 0.2) is 54.6 Å². The van der Waals surface area contributed by atoms with Gasteiger partial charge in [-0.3, -0.25) is 98.9 Å². The van der Waals surface area contributed by atoms with Crippen LogP contribution in [0.2, 0.25) is 0 Å². The lowest BCUT2D eigenvalue weighted by molar-refractivity contribution is -0.672. The van der Waals surface area contributed by atoms with E-state index in [-0.39, 0.29) is 66.6 Å². The highest BCUT2D eigenvalue weighted by Gasteiger charge is 2.82. The summed E-state index contributed by atoms with van der Waals surface area (Å²) in [6.45, 7) is 5.90. The summed E-state index contributed by atoms with van der Waals surface area (Å²) in [5, 5.41) is 97.0. The van der Waals surface area contributed by atoms with Crippen molar-refractivity contribution in [2.75, 3.05) is 40.4 Å². The maximum Gasteiger partial charge on any atom is 0.347 e. The number of nitrogens with two attached hydrogens (primary N) is 6. The van der Waals surface area contributed by atoms with Crippen LogP contribution in [0.3, 0.4) is 0 Å². The third-order valence-corrected chi connectivity index (χ3v) is 22.2. The van der Waals surface area contributed by atoms with E-state index in [4.69, 9.17) is 44.0 Å². The number of hydrogen-bond acceptors (Lipinski definition) is 26. The van der Waals surface area contributed by atoms with E-state index >= 15 is 0 Å². The van der Waals surface area contributed by atoms with E-state index in [0.29, 0.717) is 29.0 Å². The number of carbonyl (C=O) groups is 6. The number of guanidine groups is 6. The molecule has 3 saturated heterocycles. The number of benzene rings is 3. The summed E-state index contributed by atoms with van der Waals surface area (Å²) in [5.41, 5.74) is 40.0. The van der Waals surface area contributed by atoms with Crippen LogP contribution in [-0.4, -0.2) is 245 Å². The molecule has 0 saturated carbocycles. The summed E-state index contributed by atoms with van der Waals surface area (Å²) < 4.78 is 10.3. The third kappa shape index (κ3) is 10.6. The van der Waals surface area contributed by atoms with Crippen LogP contribution in [0, 0.1) is 0 Å². The first-order valence-corrected chi connectivity index (χ1v) is 33.6. The number of nitrogens with one attached hydrogen (secondary N) is 14. The maximum absolute atomic E-state index is 13.4. The summed E-state index contributed by atoms with van der Waals surface area (Å²) >= 11 is 0. The summed E-state index contributed by atoms with van der Waals surface area (Å²) in [7, 11) is 2.75. The molecule has 3 fully saturated rings. The normalized spacial score (nSPS) is 31.5. The lowest BCUT2D eigenvalue weighted by Gasteiger charge is -2.40. The Kier molecular flexibility index (Phi) is 17.1. The first-order chi connectivity index (χ1) is 47.8. The number of nitrogens with zero attached hydrogens (tertiary/aromatic N) is 3. The van der Waals surface area contributed by atoms with Crippen LogP contribution in [0.5, 0.6) is 5.75 Å². The number of hydroxylamine groups is 1. The molecule has 10 heterocycles. The van der Waals surface area contributed by atoms with E-state index in [0.717, 1.165) is 85.6 Å². The Balaban J connectivity index is 0.000000135. The van der Waals surface area contributed by atoms with Gasteiger partial charge in [0.25, 0.3) is 63.9 Å². The zero-order chi connectivity index (χ0) is 72.4. The predicted molar refractivity (Wildman–Crippen MR) is 354 cm³/mol. The largest absolute Gasteiger partial charge is 0.492 e. The first-order valence-electron chi connectivity index (χ1n) is 33.6. The van der Waals surface area contributed by atoms with Crippen molar-refractivity contribution in [2.45, 2.75) is 173 Å². The van der Waals surface area contributed by atoms with E-state index in [9.17, 15) is 59.4 Å². The van der Waals surface area contributed by atoms with Crippen LogP contribution >= 0.6 is 0 Å². The average molecular weight is 1410 g/mol. The molecule has 15 rings (SSSR count). The average Bonchev–Trinajstić information content (AvgIpc) is 1.54. The minimum absolute atomic E-state index is 0.0119. The topological polar surface area (TPSA) is 582 Å². The molecule has 12 atom stereocenters. The molecule has 0 aromatic heterocycles. The van der Waals surface area contributed by atoms with Crippen molar-refractivity contribution in [3.63, 3.8) is 0 Å². The van der Waals surface area contributed by atoms with Gasteiger partial charge < -0.3 is 56.6 Å². The number of fused-ring (bicyclic) bond motifs is 3. The second kappa shape index (κ2) is 24.9. The Morgan fingerprint density at radius 1 is 0.545 bits per heavy atom. The number of rotatable bonds is 10. The molecule has 10 aliphatic heterocycles. The van der Waals surface area contributed by atoms with Crippen molar-refractivity contribution in [1.29, 1.82) is 0 Å². The fourth-order valence-corrected chi connectivity index (χ4v) is 17.2. The van der Waals surface area contributed by atoms with Gasteiger partial charge in [-0.15, -0.1) is 0 Å². The highest BCUT2D eigenvalue weighted by molar-refractivity contribution is 5.99. The van der Waals surface area contributed by atoms with Gasteiger partial charge in [0.15, 0.2) is 42.0 Å². The van der Waals surface area contributed by atoms with E-state index < -0.39 is 118 Å². The number of likely N-dealkylation sites (N-methyl/N-ethyl adjacent to an activating group) is 1. The van der Waals surface area contributed by atoms with Crippen LogP contribution in [-0.2, 0) is 50.3 Å². The van der Waals surface area contributed by atoms with E-state index in [1.165, 1.54) is 34.8 Å². The van der Waals surface area contributed by atoms with Crippen molar-refractivity contribution in [2.24, 2.45) is 34.4 Å². The molecule has 3 spiro atoms. The lowest BCUT2D eigenvalue weighted by Crippen LogP contribution is -2.92. The molecule has 101 heavy (non-hydrogen) atoms. The van der Waals surface area contributed by atoms with Crippen LogP contribution in [0.25, 0.3) is 0 Å². The maximum atomic E-state index is 13.4. The number of hydrogen-bond donors (Lipinski definition) is 26. The molecule has 540 valence electrons. The molecule has 0 radical (unpaired) electrons. The summed E-state index contributed by atoms with van der Waals surface area (Å²) in [6.07, 6.45) is 8.42. The third-order valence-electron chi connectivity index (χ3n) is 22.2. The van der Waals surface area contributed by atoms with Gasteiger partial charge in [-0.2, -0.15) is 0 Å². The Morgan fingerprint density at radius 2 is 0.921 bits per heavy atom. The second-order valence-electron chi connectivity index (χ2n) is 28.3. The Hall–Kier alpha value is -10.2. The fraction of sp³-hybridized carbons (Fsp3) is 0.531. The minimum atomic E-state index is -2.57. The van der Waals surface area contributed by atoms with Crippen molar-refractivity contribution in [1.82, 2.24) is 58.6 Å². The van der Waals surface area contributed by atoms with Crippen molar-refractivity contribution < 1.29 is 97.7 Å². The van der Waals surface area contributed by atoms with Gasteiger partial charge in [-0.25, -0.2) is 35.2 Å². The number of aryl methyl sites for hydroxylation is 2. The number of para-hydroxylation sites is 1. The zero-order valence-corrected chi connectivity index (χ0v) is 56.3. The molecule has 5 amide bonds. The number of ether oxygens (including phenoxy) is 1. The van der Waals surface area contributed by atoms with Gasteiger partial charge >= 0.3 is 35.8 Å². The minimum Gasteiger partial charge on any atom is -0.492 e. The van der Waals surface area contributed by atoms with E-state index in [1.54, 1.807) is 24.3 Å². The smallest absolute Gasteiger partial charge is 0.347 e. The van der Waals surface area contributed by atoms with Gasteiger partial charge in [-0.1, -0.05) is 50.2 Å². The number of aliphatic hydroxyl groups is 6. The first kappa shape index (κ1) is 69.3. The fourth-order valence-electron chi connectivity index (χ4n) is 17.2. The van der Waals surface area contributed by atoms with Crippen LogP contribution in [0.1, 0.15) is 112 Å². The van der Waals surface area contributed by atoms with Crippen molar-refractivity contribution in [3.05, 3.63) is 99.1 Å². The standard InChI is InChI=1S/C22H29N7O5.C21H28N8O5.C21H28N8O4/c1-10(30)14-16-21(28-18(23)27-16)22(32,33)13(9-29(21)19(24)26-14)25-17(31)11-5-4-6-12-15(11)34-8-7-20(12,2)3;1-34-28-17(31)14-15-20(27-18(22)26-15)21(32,33)13(9-29(20)19(23)25-14)24-16(30)12-8-4-6-10-5-2-3-7-11(10)12;1-24-17(31)14-15-20(28-18(22)27-15)21(32,33)13(9-29(20)19(23)26-14)25-16(30)12-8-4-6-10-5-2-3-7-11(10)12/h4-6,13-14,16,32-33H,7-9H2,1-3H3,(H6,23,24,25,26,27,28,31);4,6,8,13-15,32-33H,2-3,5,7,9H2,1H3,(H7,22,23,24,25,26,27,28,30,31);4,6,8,13-15,32-33H,2-3,5,7,9H2,1H3,(H7,22,23,24,25,26,27,28,30,31)/p+6/t13-,14?,16-,21-;2*13-,14?,15-,20-/m000/s1. The molecule has 3 aromatic rings. The number of Topliss-reactive ketones (excluding diaryl/α,β-unsaturated/α-hetero) is 1. The highest BCUT2D eigenvalue weighted by atomic mass is 16.6. The van der Waals surface area contributed by atoms with Crippen LogP contribution in [0.4, 0.5) is 0 Å². The lowest BCUT2D eigenvalue weighted by atomic mass is 9.79. The highest BCUT2D eigenvalue weighted by Crippen LogP contribution is 2.44. The Morgan fingerprint density at radius 3 is 1.34 bits per heavy atom. The van der Waals surface area contributed by atoms with Crippen molar-refractivity contribution in [3.8, 4) is 5.75 Å².